The van der Waals surface area contributed by atoms with Crippen molar-refractivity contribution in [2.75, 3.05) is 5.32 Å². The molecule has 0 bridgehead atoms. The lowest BCUT2D eigenvalue weighted by molar-refractivity contribution is -0.118. The van der Waals surface area contributed by atoms with Gasteiger partial charge in [0.25, 0.3) is 0 Å². The van der Waals surface area contributed by atoms with Gasteiger partial charge in [-0.05, 0) is 23.6 Å². The van der Waals surface area contributed by atoms with Gasteiger partial charge >= 0.3 is 6.30 Å². The molecule has 17 heavy (non-hydrogen) atoms. The number of hydrogen-bond acceptors (Lipinski definition) is 2. The van der Waals surface area contributed by atoms with Crippen LogP contribution in [-0.2, 0) is 4.79 Å². The Bertz CT molecular complexity index is 387. The molecule has 1 unspecified atom stereocenters. The van der Waals surface area contributed by atoms with Gasteiger partial charge in [-0.1, -0.05) is 19.1 Å². The van der Waals surface area contributed by atoms with Crippen molar-refractivity contribution in [3.05, 3.63) is 29.8 Å². The van der Waals surface area contributed by atoms with Gasteiger partial charge in [0.2, 0.25) is 5.91 Å². The summed E-state index contributed by atoms with van der Waals surface area (Å²) < 4.78 is 36.0. The number of carbonyl (C=O) groups excluding carboxylic acids is 1. The largest absolute Gasteiger partial charge is 0.482 e. The number of alkyl halides is 3. The van der Waals surface area contributed by atoms with E-state index in [-0.39, 0.29) is 18.0 Å². The number of primary amides is 1. The van der Waals surface area contributed by atoms with Crippen LogP contribution in [0.4, 0.5) is 18.9 Å². The fourth-order valence-electron chi connectivity index (χ4n) is 1.48. The predicted octanol–water partition coefficient (Wildman–Crippen LogP) is 2.60. The second-order valence-corrected chi connectivity index (χ2v) is 3.82. The second-order valence-electron chi connectivity index (χ2n) is 3.82. The average molecular weight is 246 g/mol. The number of amides is 1. The highest BCUT2D eigenvalue weighted by molar-refractivity contribution is 5.74. The van der Waals surface area contributed by atoms with Crippen LogP contribution in [0, 0.1) is 0 Å². The summed E-state index contributed by atoms with van der Waals surface area (Å²) in [6, 6.07) is 5.73. The van der Waals surface area contributed by atoms with E-state index in [9.17, 15) is 18.0 Å². The van der Waals surface area contributed by atoms with E-state index in [4.69, 9.17) is 5.73 Å². The Morgan fingerprint density at radius 2 is 1.88 bits per heavy atom. The molecular formula is C11H13F3N2O. The predicted molar refractivity (Wildman–Crippen MR) is 58.3 cm³/mol. The van der Waals surface area contributed by atoms with E-state index < -0.39 is 12.2 Å². The Balaban J connectivity index is 2.71. The number of nitrogens with two attached hydrogens (primary N) is 1. The number of rotatable bonds is 4. The molecule has 0 heterocycles. The van der Waals surface area contributed by atoms with Crippen molar-refractivity contribution in [3.63, 3.8) is 0 Å². The second kappa shape index (κ2) is 5.07. The first-order valence-corrected chi connectivity index (χ1v) is 5.01. The van der Waals surface area contributed by atoms with Gasteiger partial charge in [-0.3, -0.25) is 10.1 Å². The van der Waals surface area contributed by atoms with E-state index in [1.807, 2.05) is 0 Å². The van der Waals surface area contributed by atoms with Crippen molar-refractivity contribution in [1.29, 1.82) is 0 Å². The third-order valence-corrected chi connectivity index (χ3v) is 2.27. The van der Waals surface area contributed by atoms with Crippen LogP contribution in [0.2, 0.25) is 0 Å². The third kappa shape index (κ3) is 4.76. The third-order valence-electron chi connectivity index (χ3n) is 2.27. The summed E-state index contributed by atoms with van der Waals surface area (Å²) in [6.07, 6.45) is -4.27. The van der Waals surface area contributed by atoms with E-state index >= 15 is 0 Å². The van der Waals surface area contributed by atoms with Crippen LogP contribution in [0.5, 0.6) is 0 Å². The van der Waals surface area contributed by atoms with Crippen molar-refractivity contribution in [2.45, 2.75) is 25.6 Å². The quantitative estimate of drug-likeness (QED) is 0.802. The maximum Gasteiger partial charge on any atom is 0.482 e. The van der Waals surface area contributed by atoms with Crippen LogP contribution in [0.1, 0.15) is 24.8 Å². The molecule has 0 aliphatic heterocycles. The summed E-state index contributed by atoms with van der Waals surface area (Å²) in [5.74, 6) is -0.539. The van der Waals surface area contributed by atoms with Crippen LogP contribution in [0.3, 0.4) is 0 Å². The number of benzene rings is 1. The lowest BCUT2D eigenvalue weighted by atomic mass is 9.97. The molecular weight excluding hydrogens is 233 g/mol. The summed E-state index contributed by atoms with van der Waals surface area (Å²) in [6.45, 7) is 1.79. The highest BCUT2D eigenvalue weighted by atomic mass is 19.4. The summed E-state index contributed by atoms with van der Waals surface area (Å²) in [5.41, 5.74) is 5.78. The fourth-order valence-corrected chi connectivity index (χ4v) is 1.48. The van der Waals surface area contributed by atoms with Gasteiger partial charge in [-0.25, -0.2) is 0 Å². The summed E-state index contributed by atoms with van der Waals surface area (Å²) in [7, 11) is 0. The van der Waals surface area contributed by atoms with Gasteiger partial charge in [0.15, 0.2) is 0 Å². The Kier molecular flexibility index (Phi) is 3.98. The van der Waals surface area contributed by atoms with Gasteiger partial charge in [0.05, 0.1) is 0 Å². The molecule has 1 rings (SSSR count). The molecule has 0 spiro atoms. The first kappa shape index (κ1) is 13.3. The molecule has 0 aliphatic rings. The van der Waals surface area contributed by atoms with Crippen LogP contribution < -0.4 is 11.1 Å². The van der Waals surface area contributed by atoms with Crippen LogP contribution in [0.25, 0.3) is 0 Å². The van der Waals surface area contributed by atoms with Crippen LogP contribution in [0.15, 0.2) is 24.3 Å². The topological polar surface area (TPSA) is 55.1 Å². The van der Waals surface area contributed by atoms with E-state index in [1.165, 1.54) is 17.4 Å². The van der Waals surface area contributed by atoms with Crippen LogP contribution >= 0.6 is 0 Å². The van der Waals surface area contributed by atoms with Gasteiger partial charge in [-0.15, -0.1) is 0 Å². The van der Waals surface area contributed by atoms with Crippen molar-refractivity contribution in [3.8, 4) is 0 Å². The molecule has 0 radical (unpaired) electrons. The lowest BCUT2D eigenvalue weighted by Crippen LogP contribution is -2.20. The molecule has 94 valence electrons. The molecule has 1 aromatic carbocycles. The van der Waals surface area contributed by atoms with Crippen molar-refractivity contribution < 1.29 is 18.0 Å². The number of nitrogens with one attached hydrogen (secondary N) is 1. The molecule has 0 aliphatic carbocycles. The first-order chi connectivity index (χ1) is 7.78. The molecule has 0 saturated heterocycles. The Morgan fingerprint density at radius 3 is 2.29 bits per heavy atom. The number of halogens is 3. The average Bonchev–Trinajstić information content (AvgIpc) is 2.15. The Morgan fingerprint density at radius 1 is 1.35 bits per heavy atom. The maximum atomic E-state index is 12.0. The van der Waals surface area contributed by atoms with E-state index in [2.05, 4.69) is 0 Å². The monoisotopic (exact) mass is 246 g/mol. The molecule has 3 N–H and O–H groups in total. The Hall–Kier alpha value is -1.72. The fraction of sp³-hybridized carbons (Fsp3) is 0.364. The molecule has 1 aromatic rings. The summed E-state index contributed by atoms with van der Waals surface area (Å²) in [5, 5.41) is 1.40. The first-order valence-electron chi connectivity index (χ1n) is 5.01. The van der Waals surface area contributed by atoms with Crippen molar-refractivity contribution in [1.82, 2.24) is 0 Å². The standard InChI is InChI=1S/C11H13F3N2O/c1-7(6-10(15)17)8-2-4-9(5-3-8)16-11(12,13)14/h2-5,7,16H,6H2,1H3,(H2,15,17). The SMILES string of the molecule is CC(CC(N)=O)c1ccc(NC(F)(F)F)cc1. The van der Waals surface area contributed by atoms with E-state index in [0.717, 1.165) is 5.56 Å². The number of anilines is 1. The molecule has 0 saturated carbocycles. The van der Waals surface area contributed by atoms with Crippen LogP contribution in [-0.4, -0.2) is 12.2 Å². The van der Waals surface area contributed by atoms with Gasteiger partial charge in [0.1, 0.15) is 0 Å². The van der Waals surface area contributed by atoms with Crippen molar-refractivity contribution >= 4 is 11.6 Å². The minimum atomic E-state index is -4.44. The highest BCUT2D eigenvalue weighted by Gasteiger charge is 2.26. The zero-order valence-corrected chi connectivity index (χ0v) is 9.21. The molecule has 6 heteroatoms. The maximum absolute atomic E-state index is 12.0. The zero-order valence-electron chi connectivity index (χ0n) is 9.21. The molecule has 3 nitrogen and oxygen atoms in total. The molecule has 1 atom stereocenters. The minimum Gasteiger partial charge on any atom is -0.370 e. The summed E-state index contributed by atoms with van der Waals surface area (Å²) in [4.78, 5) is 10.7. The smallest absolute Gasteiger partial charge is 0.370 e. The van der Waals surface area contributed by atoms with E-state index in [0.29, 0.717) is 0 Å². The number of hydrogen-bond donors (Lipinski definition) is 2. The molecule has 0 fully saturated rings. The highest BCUT2D eigenvalue weighted by Crippen LogP contribution is 2.23. The Labute approximate surface area is 96.8 Å². The van der Waals surface area contributed by atoms with E-state index in [1.54, 1.807) is 19.1 Å². The van der Waals surface area contributed by atoms with Gasteiger partial charge < -0.3 is 5.73 Å². The van der Waals surface area contributed by atoms with Gasteiger partial charge in [-0.2, -0.15) is 13.2 Å². The van der Waals surface area contributed by atoms with Crippen molar-refractivity contribution in [2.24, 2.45) is 5.73 Å². The minimum absolute atomic E-state index is 0.0347. The summed E-state index contributed by atoms with van der Waals surface area (Å²) >= 11 is 0. The normalized spacial score (nSPS) is 13.2. The lowest BCUT2D eigenvalue weighted by Gasteiger charge is -2.12. The molecule has 1 amide bonds. The molecule has 0 aromatic heterocycles. The number of carbonyl (C=O) groups is 1. The van der Waals surface area contributed by atoms with Gasteiger partial charge in [0, 0.05) is 12.1 Å². The zero-order chi connectivity index (χ0) is 13.1.